The first-order chi connectivity index (χ1) is 26.8. The van der Waals surface area contributed by atoms with Crippen LogP contribution in [0.4, 0.5) is 11.4 Å². The van der Waals surface area contributed by atoms with E-state index in [4.69, 9.17) is 0 Å². The summed E-state index contributed by atoms with van der Waals surface area (Å²) in [4.78, 5) is 0. The van der Waals surface area contributed by atoms with Crippen LogP contribution in [0.2, 0.25) is 0 Å². The van der Waals surface area contributed by atoms with Crippen LogP contribution in [0.15, 0.2) is 133 Å². The summed E-state index contributed by atoms with van der Waals surface area (Å²) in [7, 11) is 5.00. The van der Waals surface area contributed by atoms with Crippen LogP contribution < -0.4 is 16.1 Å². The first-order valence-electron chi connectivity index (χ1n) is 19.5. The van der Waals surface area contributed by atoms with Gasteiger partial charge in [-0.2, -0.15) is 0 Å². The fraction of sp³-hybridized carbons (Fsp3) is 0.216. The van der Waals surface area contributed by atoms with Crippen molar-refractivity contribution >= 4 is 39.9 Å². The Morgan fingerprint density at radius 2 is 1.23 bits per heavy atom. The summed E-state index contributed by atoms with van der Waals surface area (Å²) in [5.74, 6) is 0. The van der Waals surface area contributed by atoms with E-state index in [1.54, 1.807) is 7.05 Å². The van der Waals surface area contributed by atoms with Crippen LogP contribution in [0.5, 0.6) is 0 Å². The molecule has 0 fully saturated rings. The maximum absolute atomic E-state index is 10.2. The van der Waals surface area contributed by atoms with Gasteiger partial charge in [-0.05, 0) is 136 Å². The molecular weight excluding hydrogens is 759 g/mol. The molecule has 6 rings (SSSR count). The maximum Gasteiger partial charge on any atom is 0.0868 e. The third kappa shape index (κ3) is 10.8. The number of nitrogens with zero attached hydrogens (tertiary/aromatic N) is 1. The van der Waals surface area contributed by atoms with Gasteiger partial charge in [0.15, 0.2) is 0 Å². The van der Waals surface area contributed by atoms with Crippen molar-refractivity contribution in [2.45, 2.75) is 54.4 Å². The molecular formula is C51H59N3OY. The van der Waals surface area contributed by atoms with Gasteiger partial charge in [0.1, 0.15) is 0 Å². The standard InChI is InChI=1S/C48H48N2O.C2H6.CH5N.Y/c1-7-9-16-43-34(4)33(3)42(13-8-2)46-31-40(26-29-45(43)46)36-20-17-35(18-21-36)19-28-44(38-14-11-10-12-15-38)39-24-22-37(23-25-39)41-27-30-47(49-5)48(32-41)50(6)51;2*1-2;/h8-18,20-32,49,51H,7,19H2,1-6H3;1-2H3;2H2,1H3;/b13-8-,16-9-,44-28+;;;. The Morgan fingerprint density at radius 3 is 1.80 bits per heavy atom. The molecule has 0 bridgehead atoms. The molecule has 4 N–H and O–H groups in total. The van der Waals surface area contributed by atoms with Crippen molar-refractivity contribution in [3.05, 3.63) is 172 Å². The molecule has 0 amide bonds. The molecule has 0 unspecified atom stereocenters. The zero-order chi connectivity index (χ0) is 39.9. The molecule has 6 aromatic rings. The van der Waals surface area contributed by atoms with Gasteiger partial charge in [-0.3, -0.25) is 10.3 Å². The van der Waals surface area contributed by atoms with Crippen molar-refractivity contribution < 1.29 is 37.9 Å². The number of hydrogen-bond donors (Lipinski definition) is 3. The predicted octanol–water partition coefficient (Wildman–Crippen LogP) is 13.4. The zero-order valence-electron chi connectivity index (χ0n) is 34.8. The summed E-state index contributed by atoms with van der Waals surface area (Å²) in [6, 6.07) is 41.4. The summed E-state index contributed by atoms with van der Waals surface area (Å²) in [5, 5.41) is 17.1. The number of nitrogens with two attached hydrogens (primary N) is 1. The molecule has 0 saturated carbocycles. The number of anilines is 2. The maximum atomic E-state index is 10.2. The number of rotatable bonds is 11. The van der Waals surface area contributed by atoms with Crippen molar-refractivity contribution in [1.82, 2.24) is 0 Å². The molecule has 0 aliphatic rings. The normalized spacial score (nSPS) is 11.1. The molecule has 0 aliphatic heterocycles. The molecule has 1 radical (unpaired) electrons. The minimum Gasteiger partial charge on any atom is -0.386 e. The molecule has 0 atom stereocenters. The molecule has 6 aromatic carbocycles. The third-order valence-corrected chi connectivity index (χ3v) is 9.88. The molecule has 0 aliphatic carbocycles. The number of benzene rings is 6. The topological polar surface area (TPSA) is 61.5 Å². The minimum atomic E-state index is 0. The molecule has 4 nitrogen and oxygen atoms in total. The van der Waals surface area contributed by atoms with Crippen LogP contribution in [-0.2, 0) is 39.1 Å². The van der Waals surface area contributed by atoms with Gasteiger partial charge in [0.2, 0.25) is 0 Å². The molecule has 0 spiro atoms. The van der Waals surface area contributed by atoms with Crippen LogP contribution in [0.25, 0.3) is 50.8 Å². The third-order valence-electron chi connectivity index (χ3n) is 9.88. The van der Waals surface area contributed by atoms with Gasteiger partial charge in [-0.25, -0.2) is 0 Å². The van der Waals surface area contributed by atoms with E-state index in [0.717, 1.165) is 40.4 Å². The summed E-state index contributed by atoms with van der Waals surface area (Å²) in [6.45, 7) is 12.8. The number of fused-ring (bicyclic) bond motifs is 1. The Hall–Kier alpha value is -4.58. The summed E-state index contributed by atoms with van der Waals surface area (Å²) < 4.78 is 0. The van der Waals surface area contributed by atoms with E-state index in [9.17, 15) is 5.21 Å². The molecule has 5 heteroatoms. The van der Waals surface area contributed by atoms with E-state index < -0.39 is 0 Å². The van der Waals surface area contributed by atoms with Crippen LogP contribution in [0, 0.1) is 13.8 Å². The van der Waals surface area contributed by atoms with Gasteiger partial charge in [0.25, 0.3) is 0 Å². The van der Waals surface area contributed by atoms with Crippen LogP contribution in [0.1, 0.15) is 73.1 Å². The monoisotopic (exact) mass is 818 g/mol. The Morgan fingerprint density at radius 1 is 0.696 bits per heavy atom. The van der Waals surface area contributed by atoms with Crippen molar-refractivity contribution in [1.29, 1.82) is 0 Å². The fourth-order valence-electron chi connectivity index (χ4n) is 6.93. The van der Waals surface area contributed by atoms with E-state index in [0.29, 0.717) is 0 Å². The first-order valence-corrected chi connectivity index (χ1v) is 19.5. The van der Waals surface area contributed by atoms with Crippen LogP contribution in [-0.4, -0.2) is 26.4 Å². The second kappa shape index (κ2) is 22.8. The van der Waals surface area contributed by atoms with Crippen molar-refractivity contribution in [3.63, 3.8) is 0 Å². The number of nitrogens with one attached hydrogen (secondary N) is 1. The van der Waals surface area contributed by atoms with Gasteiger partial charge in [0.05, 0.1) is 11.4 Å². The largest absolute Gasteiger partial charge is 0.386 e. The number of hydrogen-bond acceptors (Lipinski definition) is 4. The van der Waals surface area contributed by atoms with Crippen LogP contribution in [0.3, 0.4) is 0 Å². The Labute approximate surface area is 361 Å². The van der Waals surface area contributed by atoms with E-state index >= 15 is 0 Å². The molecule has 0 saturated heterocycles. The van der Waals surface area contributed by atoms with Gasteiger partial charge < -0.3 is 11.1 Å². The van der Waals surface area contributed by atoms with E-state index in [1.165, 1.54) is 73.5 Å². The summed E-state index contributed by atoms with van der Waals surface area (Å²) in [6.07, 6.45) is 13.1. The quantitative estimate of drug-likeness (QED) is 0.114. The van der Waals surface area contributed by atoms with Gasteiger partial charge in [-0.15, -0.1) is 0 Å². The molecule has 287 valence electrons. The number of hydroxylamine groups is 1. The Balaban J connectivity index is 0.00000163. The Kier molecular flexibility index (Phi) is 18.7. The van der Waals surface area contributed by atoms with Gasteiger partial charge >= 0.3 is 0 Å². The van der Waals surface area contributed by atoms with E-state index in [1.807, 2.05) is 33.0 Å². The zero-order valence-corrected chi connectivity index (χ0v) is 37.7. The summed E-state index contributed by atoms with van der Waals surface area (Å²) in [5.41, 5.74) is 20.8. The first kappa shape index (κ1) is 45.8. The fourth-order valence-corrected chi connectivity index (χ4v) is 6.93. The molecule has 0 aromatic heterocycles. The SMILES string of the molecule is C/C=C\c1c(C)c(C)c(/C=C\CC)c2ccc(-c3ccc(C/C=C(\c4ccccc4)c4ccc(-c5ccc(NC)c(N(C)O)c5)cc4)cc3)cc12.CC.CN.[Y]. The van der Waals surface area contributed by atoms with Crippen molar-refractivity contribution in [2.24, 2.45) is 5.73 Å². The minimum absolute atomic E-state index is 0. The molecule has 56 heavy (non-hydrogen) atoms. The summed E-state index contributed by atoms with van der Waals surface area (Å²) >= 11 is 0. The van der Waals surface area contributed by atoms with Crippen molar-refractivity contribution in [3.8, 4) is 22.3 Å². The number of allylic oxidation sites excluding steroid dienone is 3. The second-order valence-corrected chi connectivity index (χ2v) is 13.1. The second-order valence-electron chi connectivity index (χ2n) is 13.1. The van der Waals surface area contributed by atoms with E-state index in [-0.39, 0.29) is 32.7 Å². The predicted molar refractivity (Wildman–Crippen MR) is 243 cm³/mol. The van der Waals surface area contributed by atoms with Crippen LogP contribution >= 0.6 is 0 Å². The van der Waals surface area contributed by atoms with Gasteiger partial charge in [-0.1, -0.05) is 148 Å². The van der Waals surface area contributed by atoms with Gasteiger partial charge in [0, 0.05) is 46.8 Å². The average molecular weight is 819 g/mol. The molecule has 0 heterocycles. The smallest absolute Gasteiger partial charge is 0.0868 e. The average Bonchev–Trinajstić information content (AvgIpc) is 3.24. The Bertz CT molecular complexity index is 2230. The van der Waals surface area contributed by atoms with Crippen molar-refractivity contribution in [2.75, 3.05) is 31.5 Å². The van der Waals surface area contributed by atoms with E-state index in [2.05, 4.69) is 172 Å².